The fourth-order valence-electron chi connectivity index (χ4n) is 2.19. The molecule has 0 radical (unpaired) electrons. The third kappa shape index (κ3) is 3.12. The SMILES string of the molecule is COc1ccc(CSc2nc3ccccc3cc2C=O)cc1. The van der Waals surface area contributed by atoms with E-state index in [0.29, 0.717) is 5.56 Å². The van der Waals surface area contributed by atoms with Crippen LogP contribution in [0.4, 0.5) is 0 Å². The van der Waals surface area contributed by atoms with Crippen LogP contribution < -0.4 is 4.74 Å². The third-order valence-electron chi connectivity index (χ3n) is 3.38. The van der Waals surface area contributed by atoms with Crippen molar-refractivity contribution >= 4 is 29.0 Å². The number of aromatic nitrogens is 1. The normalized spacial score (nSPS) is 10.6. The number of pyridine rings is 1. The summed E-state index contributed by atoms with van der Waals surface area (Å²) in [4.78, 5) is 15.9. The maximum atomic E-state index is 11.3. The van der Waals surface area contributed by atoms with Crippen molar-refractivity contribution in [3.05, 3.63) is 65.7 Å². The highest BCUT2D eigenvalue weighted by atomic mass is 32.2. The highest BCUT2D eigenvalue weighted by molar-refractivity contribution is 7.98. The van der Waals surface area contributed by atoms with E-state index in [4.69, 9.17) is 4.74 Å². The van der Waals surface area contributed by atoms with Gasteiger partial charge in [-0.2, -0.15) is 0 Å². The molecule has 0 fully saturated rings. The average Bonchev–Trinajstić information content (AvgIpc) is 2.59. The molecule has 0 saturated heterocycles. The van der Waals surface area contributed by atoms with Gasteiger partial charge in [0.15, 0.2) is 6.29 Å². The van der Waals surface area contributed by atoms with Gasteiger partial charge in [0.05, 0.1) is 12.6 Å². The van der Waals surface area contributed by atoms with Crippen molar-refractivity contribution in [2.45, 2.75) is 10.8 Å². The van der Waals surface area contributed by atoms with Crippen LogP contribution >= 0.6 is 11.8 Å². The van der Waals surface area contributed by atoms with E-state index in [1.54, 1.807) is 18.9 Å². The van der Waals surface area contributed by atoms with E-state index in [9.17, 15) is 4.79 Å². The standard InChI is InChI=1S/C18H15NO2S/c1-21-16-8-6-13(7-9-16)12-22-18-15(11-20)10-14-4-2-3-5-17(14)19-18/h2-11H,12H2,1H3. The zero-order valence-corrected chi connectivity index (χ0v) is 13.0. The number of nitrogens with zero attached hydrogens (tertiary/aromatic N) is 1. The van der Waals surface area contributed by atoms with Crippen LogP contribution in [0.1, 0.15) is 15.9 Å². The molecule has 0 aliphatic heterocycles. The van der Waals surface area contributed by atoms with Gasteiger partial charge in [0.1, 0.15) is 10.8 Å². The first-order chi connectivity index (χ1) is 10.8. The Hall–Kier alpha value is -2.33. The molecule has 0 unspecified atom stereocenters. The summed E-state index contributed by atoms with van der Waals surface area (Å²) < 4.78 is 5.15. The lowest BCUT2D eigenvalue weighted by atomic mass is 10.2. The minimum atomic E-state index is 0.636. The summed E-state index contributed by atoms with van der Waals surface area (Å²) in [6.45, 7) is 0. The van der Waals surface area contributed by atoms with Crippen molar-refractivity contribution < 1.29 is 9.53 Å². The molecule has 0 saturated carbocycles. The lowest BCUT2D eigenvalue weighted by Gasteiger charge is -2.07. The number of rotatable bonds is 5. The van der Waals surface area contributed by atoms with Crippen LogP contribution in [0.15, 0.2) is 59.6 Å². The topological polar surface area (TPSA) is 39.2 Å². The fourth-order valence-corrected chi connectivity index (χ4v) is 3.12. The molecule has 0 amide bonds. The summed E-state index contributed by atoms with van der Waals surface area (Å²) >= 11 is 1.57. The van der Waals surface area contributed by atoms with Gasteiger partial charge in [-0.15, -0.1) is 11.8 Å². The molecule has 3 nitrogen and oxygen atoms in total. The number of thioether (sulfide) groups is 1. The molecule has 1 aromatic heterocycles. The smallest absolute Gasteiger partial charge is 0.152 e. The molecule has 0 atom stereocenters. The van der Waals surface area contributed by atoms with Gasteiger partial charge in [-0.3, -0.25) is 4.79 Å². The maximum Gasteiger partial charge on any atom is 0.152 e. The molecule has 22 heavy (non-hydrogen) atoms. The van der Waals surface area contributed by atoms with E-state index in [0.717, 1.165) is 39.3 Å². The Morgan fingerprint density at radius 2 is 1.91 bits per heavy atom. The molecule has 110 valence electrons. The van der Waals surface area contributed by atoms with Crippen LogP contribution in [-0.4, -0.2) is 18.4 Å². The number of methoxy groups -OCH3 is 1. The molecule has 0 N–H and O–H groups in total. The molecule has 0 aliphatic carbocycles. The van der Waals surface area contributed by atoms with Gasteiger partial charge in [-0.1, -0.05) is 30.3 Å². The first kappa shape index (κ1) is 14.6. The highest BCUT2D eigenvalue weighted by Crippen LogP contribution is 2.27. The van der Waals surface area contributed by atoms with E-state index in [2.05, 4.69) is 4.98 Å². The molecular formula is C18H15NO2S. The predicted octanol–water partition coefficient (Wildman–Crippen LogP) is 4.35. The summed E-state index contributed by atoms with van der Waals surface area (Å²) in [5, 5.41) is 1.75. The largest absolute Gasteiger partial charge is 0.497 e. The van der Waals surface area contributed by atoms with E-state index in [-0.39, 0.29) is 0 Å². The number of benzene rings is 2. The number of hydrogen-bond donors (Lipinski definition) is 0. The molecule has 0 spiro atoms. The van der Waals surface area contributed by atoms with Gasteiger partial charge in [0.2, 0.25) is 0 Å². The van der Waals surface area contributed by atoms with Crippen molar-refractivity contribution in [1.29, 1.82) is 0 Å². The van der Waals surface area contributed by atoms with Gasteiger partial charge in [0, 0.05) is 16.7 Å². The van der Waals surface area contributed by atoms with Crippen LogP contribution in [0.3, 0.4) is 0 Å². The first-order valence-corrected chi connectivity index (χ1v) is 7.89. The summed E-state index contributed by atoms with van der Waals surface area (Å²) in [6.07, 6.45) is 0.871. The van der Waals surface area contributed by atoms with E-state index in [1.807, 2.05) is 54.6 Å². The van der Waals surface area contributed by atoms with Crippen molar-refractivity contribution in [1.82, 2.24) is 4.98 Å². The molecular weight excluding hydrogens is 294 g/mol. The van der Waals surface area contributed by atoms with Crippen LogP contribution in [0.5, 0.6) is 5.75 Å². The van der Waals surface area contributed by atoms with Crippen LogP contribution in [0.2, 0.25) is 0 Å². The number of aldehydes is 1. The lowest BCUT2D eigenvalue weighted by molar-refractivity contribution is 0.112. The van der Waals surface area contributed by atoms with Crippen molar-refractivity contribution in [3.8, 4) is 5.75 Å². The number of fused-ring (bicyclic) bond motifs is 1. The number of carbonyl (C=O) groups is 1. The van der Waals surface area contributed by atoms with E-state index < -0.39 is 0 Å². The van der Waals surface area contributed by atoms with E-state index >= 15 is 0 Å². The molecule has 3 rings (SSSR count). The molecule has 2 aromatic carbocycles. The maximum absolute atomic E-state index is 11.3. The Bertz CT molecular complexity index is 800. The minimum absolute atomic E-state index is 0.636. The highest BCUT2D eigenvalue weighted by Gasteiger charge is 2.07. The Morgan fingerprint density at radius 1 is 1.14 bits per heavy atom. The minimum Gasteiger partial charge on any atom is -0.497 e. The van der Waals surface area contributed by atoms with Gasteiger partial charge in [0.25, 0.3) is 0 Å². The summed E-state index contributed by atoms with van der Waals surface area (Å²) in [6, 6.07) is 17.6. The monoisotopic (exact) mass is 309 g/mol. The van der Waals surface area contributed by atoms with Crippen LogP contribution in [-0.2, 0) is 5.75 Å². The second-order valence-corrected chi connectivity index (χ2v) is 5.79. The molecule has 0 bridgehead atoms. The number of para-hydroxylation sites is 1. The van der Waals surface area contributed by atoms with Crippen molar-refractivity contribution in [2.24, 2.45) is 0 Å². The summed E-state index contributed by atoms with van der Waals surface area (Å²) in [5.74, 6) is 1.60. The van der Waals surface area contributed by atoms with Crippen LogP contribution in [0, 0.1) is 0 Å². The second kappa shape index (κ2) is 6.62. The quantitative estimate of drug-likeness (QED) is 0.519. The fraction of sp³-hybridized carbons (Fsp3) is 0.111. The number of hydrogen-bond acceptors (Lipinski definition) is 4. The van der Waals surface area contributed by atoms with Crippen molar-refractivity contribution in [3.63, 3.8) is 0 Å². The summed E-state index contributed by atoms with van der Waals surface area (Å²) in [5.41, 5.74) is 2.71. The zero-order valence-electron chi connectivity index (χ0n) is 12.2. The Kier molecular flexibility index (Phi) is 4.39. The molecule has 0 aliphatic rings. The number of carbonyl (C=O) groups excluding carboxylic acids is 1. The van der Waals surface area contributed by atoms with Crippen molar-refractivity contribution in [2.75, 3.05) is 7.11 Å². The molecule has 3 aromatic rings. The third-order valence-corrected chi connectivity index (χ3v) is 4.46. The molecule has 4 heteroatoms. The number of ether oxygens (including phenoxy) is 1. The zero-order chi connectivity index (χ0) is 15.4. The summed E-state index contributed by atoms with van der Waals surface area (Å²) in [7, 11) is 1.65. The predicted molar refractivity (Wildman–Crippen MR) is 89.7 cm³/mol. The van der Waals surface area contributed by atoms with Crippen LogP contribution in [0.25, 0.3) is 10.9 Å². The van der Waals surface area contributed by atoms with Gasteiger partial charge < -0.3 is 4.74 Å². The molecule has 1 heterocycles. The van der Waals surface area contributed by atoms with Gasteiger partial charge in [-0.25, -0.2) is 4.98 Å². The van der Waals surface area contributed by atoms with Gasteiger partial charge >= 0.3 is 0 Å². The Labute approximate surface area is 133 Å². The Morgan fingerprint density at radius 3 is 2.64 bits per heavy atom. The first-order valence-electron chi connectivity index (χ1n) is 6.91. The average molecular weight is 309 g/mol. The van der Waals surface area contributed by atoms with E-state index in [1.165, 1.54) is 0 Å². The second-order valence-electron chi connectivity index (χ2n) is 4.83. The Balaban J connectivity index is 1.84. The van der Waals surface area contributed by atoms with Gasteiger partial charge in [-0.05, 0) is 29.8 Å². The lowest BCUT2D eigenvalue weighted by Crippen LogP contribution is -1.92.